The van der Waals surface area contributed by atoms with Crippen LogP contribution in [0.15, 0.2) is 0 Å². The van der Waals surface area contributed by atoms with Crippen LogP contribution in [0.5, 0.6) is 0 Å². The highest BCUT2D eigenvalue weighted by Crippen LogP contribution is 2.25. The number of hydrogen-bond donors (Lipinski definition) is 1. The standard InChI is InChI=1S/C15H26N2O/c1-3-15(4-2,12-16)17-14(18)11-13-9-7-5-6-8-10-13/h13H,3-11H2,1-2H3,(H,17,18). The highest BCUT2D eigenvalue weighted by atomic mass is 16.1. The smallest absolute Gasteiger partial charge is 0.221 e. The Bertz CT molecular complexity index is 294. The maximum absolute atomic E-state index is 12.1. The normalized spacial score (nSPS) is 17.8. The molecule has 0 heterocycles. The fourth-order valence-corrected chi connectivity index (χ4v) is 2.76. The average Bonchev–Trinajstić information content (AvgIpc) is 2.65. The number of amides is 1. The molecule has 1 fully saturated rings. The summed E-state index contributed by atoms with van der Waals surface area (Å²) < 4.78 is 0. The van der Waals surface area contributed by atoms with Gasteiger partial charge in [-0.3, -0.25) is 4.79 Å². The second-order valence-corrected chi connectivity index (χ2v) is 5.51. The minimum Gasteiger partial charge on any atom is -0.338 e. The molecule has 0 aliphatic heterocycles. The van der Waals surface area contributed by atoms with Gasteiger partial charge in [-0.1, -0.05) is 39.5 Å². The molecule has 0 aromatic rings. The van der Waals surface area contributed by atoms with Crippen molar-refractivity contribution in [3.05, 3.63) is 0 Å². The van der Waals surface area contributed by atoms with Gasteiger partial charge in [0.15, 0.2) is 0 Å². The molecule has 1 aliphatic carbocycles. The lowest BCUT2D eigenvalue weighted by molar-refractivity contribution is -0.123. The number of carbonyl (C=O) groups excluding carboxylic acids is 1. The monoisotopic (exact) mass is 250 g/mol. The highest BCUT2D eigenvalue weighted by Gasteiger charge is 2.28. The van der Waals surface area contributed by atoms with E-state index < -0.39 is 5.54 Å². The van der Waals surface area contributed by atoms with E-state index in [4.69, 9.17) is 0 Å². The second kappa shape index (κ2) is 7.41. The molecule has 0 unspecified atom stereocenters. The summed E-state index contributed by atoms with van der Waals surface area (Å²) in [6.45, 7) is 3.91. The largest absolute Gasteiger partial charge is 0.338 e. The second-order valence-electron chi connectivity index (χ2n) is 5.51. The lowest BCUT2D eigenvalue weighted by Crippen LogP contribution is -2.46. The van der Waals surface area contributed by atoms with Gasteiger partial charge in [-0.25, -0.2) is 0 Å². The Balaban J connectivity index is 2.47. The quantitative estimate of drug-likeness (QED) is 0.759. The van der Waals surface area contributed by atoms with E-state index in [1.807, 2.05) is 13.8 Å². The van der Waals surface area contributed by atoms with E-state index in [0.717, 1.165) is 0 Å². The van der Waals surface area contributed by atoms with Gasteiger partial charge >= 0.3 is 0 Å². The van der Waals surface area contributed by atoms with E-state index in [2.05, 4.69) is 11.4 Å². The molecule has 1 amide bonds. The van der Waals surface area contributed by atoms with Crippen LogP contribution in [0.1, 0.15) is 71.6 Å². The summed E-state index contributed by atoms with van der Waals surface area (Å²) in [5, 5.41) is 12.2. The molecule has 0 saturated heterocycles. The summed E-state index contributed by atoms with van der Waals surface area (Å²) in [5.74, 6) is 0.588. The molecule has 18 heavy (non-hydrogen) atoms. The zero-order valence-electron chi connectivity index (χ0n) is 11.8. The molecule has 3 heteroatoms. The number of hydrogen-bond acceptors (Lipinski definition) is 2. The van der Waals surface area contributed by atoms with Crippen molar-refractivity contribution in [2.45, 2.75) is 77.2 Å². The van der Waals surface area contributed by atoms with Crippen LogP contribution in [-0.4, -0.2) is 11.4 Å². The maximum atomic E-state index is 12.1. The Morgan fingerprint density at radius 2 is 1.78 bits per heavy atom. The van der Waals surface area contributed by atoms with Crippen LogP contribution in [0.25, 0.3) is 0 Å². The third-order valence-electron chi connectivity index (χ3n) is 4.25. The van der Waals surface area contributed by atoms with Crippen molar-refractivity contribution < 1.29 is 4.79 Å². The molecule has 1 saturated carbocycles. The summed E-state index contributed by atoms with van der Waals surface area (Å²) in [6.07, 6.45) is 9.42. The molecular weight excluding hydrogens is 224 g/mol. The topological polar surface area (TPSA) is 52.9 Å². The number of rotatable bonds is 5. The minimum atomic E-state index is -0.651. The Kier molecular flexibility index (Phi) is 6.18. The molecule has 0 aromatic carbocycles. The zero-order chi connectivity index (χ0) is 13.4. The van der Waals surface area contributed by atoms with Crippen LogP contribution in [0.2, 0.25) is 0 Å². The molecule has 1 aliphatic rings. The predicted molar refractivity (Wildman–Crippen MR) is 72.9 cm³/mol. The Morgan fingerprint density at radius 1 is 1.22 bits per heavy atom. The van der Waals surface area contributed by atoms with Crippen LogP contribution in [0.4, 0.5) is 0 Å². The summed E-state index contributed by atoms with van der Waals surface area (Å²) >= 11 is 0. The van der Waals surface area contributed by atoms with Crippen molar-refractivity contribution in [1.82, 2.24) is 5.32 Å². The van der Waals surface area contributed by atoms with E-state index in [1.165, 1.54) is 38.5 Å². The van der Waals surface area contributed by atoms with Crippen LogP contribution in [0, 0.1) is 17.2 Å². The van der Waals surface area contributed by atoms with Gasteiger partial charge in [-0.2, -0.15) is 5.26 Å². The summed E-state index contributed by atoms with van der Waals surface area (Å²) in [7, 11) is 0. The highest BCUT2D eigenvalue weighted by molar-refractivity contribution is 5.77. The van der Waals surface area contributed by atoms with Crippen molar-refractivity contribution in [2.24, 2.45) is 5.92 Å². The number of nitriles is 1. The Labute approximate surface area is 111 Å². The Morgan fingerprint density at radius 3 is 2.22 bits per heavy atom. The molecule has 0 radical (unpaired) electrons. The van der Waals surface area contributed by atoms with Gasteiger partial charge in [-0.15, -0.1) is 0 Å². The molecule has 0 bridgehead atoms. The fraction of sp³-hybridized carbons (Fsp3) is 0.867. The molecule has 0 atom stereocenters. The lowest BCUT2D eigenvalue weighted by Gasteiger charge is -2.26. The first kappa shape index (κ1) is 15.0. The fourth-order valence-electron chi connectivity index (χ4n) is 2.76. The van der Waals surface area contributed by atoms with Gasteiger partial charge in [0.2, 0.25) is 5.91 Å². The van der Waals surface area contributed by atoms with Crippen LogP contribution in [-0.2, 0) is 4.79 Å². The average molecular weight is 250 g/mol. The molecular formula is C15H26N2O. The summed E-state index contributed by atoms with van der Waals surface area (Å²) in [5.41, 5.74) is -0.651. The van der Waals surface area contributed by atoms with Gasteiger partial charge in [0.05, 0.1) is 6.07 Å². The minimum absolute atomic E-state index is 0.0622. The third-order valence-corrected chi connectivity index (χ3v) is 4.25. The van der Waals surface area contributed by atoms with E-state index in [1.54, 1.807) is 0 Å². The Hall–Kier alpha value is -1.04. The molecule has 0 aromatic heterocycles. The molecule has 0 spiro atoms. The molecule has 102 valence electrons. The van der Waals surface area contributed by atoms with E-state index >= 15 is 0 Å². The van der Waals surface area contributed by atoms with Crippen LogP contribution >= 0.6 is 0 Å². The molecule has 1 rings (SSSR count). The van der Waals surface area contributed by atoms with Crippen LogP contribution in [0.3, 0.4) is 0 Å². The van der Waals surface area contributed by atoms with Crippen molar-refractivity contribution in [3.63, 3.8) is 0 Å². The maximum Gasteiger partial charge on any atom is 0.221 e. The van der Waals surface area contributed by atoms with Crippen LogP contribution < -0.4 is 5.32 Å². The summed E-state index contributed by atoms with van der Waals surface area (Å²) in [6, 6.07) is 2.26. The molecule has 1 N–H and O–H groups in total. The van der Waals surface area contributed by atoms with Crippen molar-refractivity contribution in [2.75, 3.05) is 0 Å². The van der Waals surface area contributed by atoms with Crippen molar-refractivity contribution in [1.29, 1.82) is 5.26 Å². The number of carbonyl (C=O) groups is 1. The zero-order valence-corrected chi connectivity index (χ0v) is 11.8. The van der Waals surface area contributed by atoms with Gasteiger partial charge in [-0.05, 0) is 31.6 Å². The van der Waals surface area contributed by atoms with Gasteiger partial charge in [0, 0.05) is 6.42 Å². The lowest BCUT2D eigenvalue weighted by atomic mass is 9.92. The molecule has 3 nitrogen and oxygen atoms in total. The third kappa shape index (κ3) is 4.33. The van der Waals surface area contributed by atoms with Crippen molar-refractivity contribution >= 4 is 5.91 Å². The van der Waals surface area contributed by atoms with E-state index in [0.29, 0.717) is 25.2 Å². The van der Waals surface area contributed by atoms with Gasteiger partial charge < -0.3 is 5.32 Å². The number of nitrogens with zero attached hydrogens (tertiary/aromatic N) is 1. The van der Waals surface area contributed by atoms with Gasteiger partial charge in [0.25, 0.3) is 0 Å². The first-order valence-corrected chi connectivity index (χ1v) is 7.38. The summed E-state index contributed by atoms with van der Waals surface area (Å²) in [4.78, 5) is 12.1. The van der Waals surface area contributed by atoms with Gasteiger partial charge in [0.1, 0.15) is 5.54 Å². The van der Waals surface area contributed by atoms with E-state index in [9.17, 15) is 10.1 Å². The SMILES string of the molecule is CCC(C#N)(CC)NC(=O)CC1CCCCCC1. The first-order valence-electron chi connectivity index (χ1n) is 7.38. The predicted octanol–water partition coefficient (Wildman–Crippen LogP) is 3.55. The van der Waals surface area contributed by atoms with Crippen molar-refractivity contribution in [3.8, 4) is 6.07 Å². The number of nitrogens with one attached hydrogen (secondary N) is 1. The first-order chi connectivity index (χ1) is 8.65. The van der Waals surface area contributed by atoms with E-state index in [-0.39, 0.29) is 5.91 Å².